The standard InChI is InChI=1S/C7H11N2O/c8-4-7-5-9(6-7)2-1-3-10/h7H,1-3,5-6H2. The van der Waals surface area contributed by atoms with Crippen molar-refractivity contribution in [2.24, 2.45) is 5.92 Å². The van der Waals surface area contributed by atoms with Gasteiger partial charge in [-0.3, -0.25) is 0 Å². The lowest BCUT2D eigenvalue weighted by atomic mass is 10.0. The molecule has 1 fully saturated rings. The van der Waals surface area contributed by atoms with Gasteiger partial charge in [-0.05, 0) is 6.42 Å². The van der Waals surface area contributed by atoms with Crippen LogP contribution >= 0.6 is 0 Å². The predicted molar refractivity (Wildman–Crippen MR) is 35.7 cm³/mol. The summed E-state index contributed by atoms with van der Waals surface area (Å²) in [5.41, 5.74) is 0. The van der Waals surface area contributed by atoms with Crippen LogP contribution in [0.15, 0.2) is 0 Å². The third-order valence-electron chi connectivity index (χ3n) is 1.76. The summed E-state index contributed by atoms with van der Waals surface area (Å²) in [5, 5.41) is 18.4. The molecule has 0 aromatic heterocycles. The van der Waals surface area contributed by atoms with Crippen molar-refractivity contribution in [1.29, 1.82) is 5.26 Å². The Morgan fingerprint density at radius 3 is 2.80 bits per heavy atom. The van der Waals surface area contributed by atoms with Gasteiger partial charge < -0.3 is 4.90 Å². The van der Waals surface area contributed by atoms with Crippen molar-refractivity contribution in [2.45, 2.75) is 6.42 Å². The Morgan fingerprint density at radius 2 is 2.30 bits per heavy atom. The van der Waals surface area contributed by atoms with Gasteiger partial charge in [-0.25, -0.2) is 5.11 Å². The van der Waals surface area contributed by atoms with Crippen LogP contribution in [0.3, 0.4) is 0 Å². The van der Waals surface area contributed by atoms with E-state index in [1.807, 2.05) is 0 Å². The van der Waals surface area contributed by atoms with Gasteiger partial charge in [0.05, 0.1) is 18.6 Å². The molecule has 0 amide bonds. The molecular formula is C7H11N2O. The highest BCUT2D eigenvalue weighted by molar-refractivity contribution is 4.94. The third kappa shape index (κ3) is 1.69. The fourth-order valence-corrected chi connectivity index (χ4v) is 1.12. The molecule has 0 atom stereocenters. The molecule has 0 N–H and O–H groups in total. The smallest absolute Gasteiger partial charge is 0.0834 e. The van der Waals surface area contributed by atoms with Crippen LogP contribution in [-0.4, -0.2) is 31.1 Å². The van der Waals surface area contributed by atoms with Crippen LogP contribution in [0.5, 0.6) is 0 Å². The summed E-state index contributed by atoms with van der Waals surface area (Å²) in [5.74, 6) is 0.228. The van der Waals surface area contributed by atoms with Gasteiger partial charge in [0, 0.05) is 19.6 Å². The molecule has 0 spiro atoms. The minimum absolute atomic E-state index is 0.00766. The van der Waals surface area contributed by atoms with Gasteiger partial charge in [-0.2, -0.15) is 5.26 Å². The van der Waals surface area contributed by atoms with Crippen LogP contribution in [0.2, 0.25) is 0 Å². The summed E-state index contributed by atoms with van der Waals surface area (Å²) in [6, 6.07) is 2.19. The molecule has 0 aliphatic carbocycles. The summed E-state index contributed by atoms with van der Waals surface area (Å²) >= 11 is 0. The van der Waals surface area contributed by atoms with E-state index in [9.17, 15) is 5.11 Å². The normalized spacial score (nSPS) is 20.0. The largest absolute Gasteiger partial charge is 0.301 e. The molecule has 1 radical (unpaired) electrons. The molecule has 1 saturated heterocycles. The summed E-state index contributed by atoms with van der Waals surface area (Å²) < 4.78 is 0. The molecule has 0 unspecified atom stereocenters. The molecular weight excluding hydrogens is 128 g/mol. The second-order valence-electron chi connectivity index (χ2n) is 2.64. The number of rotatable bonds is 3. The molecule has 0 aromatic rings. The number of nitrogens with zero attached hydrogens (tertiary/aromatic N) is 2. The van der Waals surface area contributed by atoms with Gasteiger partial charge in [0.1, 0.15) is 0 Å². The SMILES string of the molecule is N#CC1CN(CCC[O])C1. The molecule has 3 heteroatoms. The molecule has 1 heterocycles. The molecule has 55 valence electrons. The van der Waals surface area contributed by atoms with E-state index in [1.54, 1.807) is 0 Å². The third-order valence-corrected chi connectivity index (χ3v) is 1.76. The lowest BCUT2D eigenvalue weighted by Crippen LogP contribution is -2.46. The molecule has 1 rings (SSSR count). The summed E-state index contributed by atoms with van der Waals surface area (Å²) in [6.07, 6.45) is 0.720. The van der Waals surface area contributed by atoms with Crippen molar-refractivity contribution in [2.75, 3.05) is 26.2 Å². The Morgan fingerprint density at radius 1 is 1.60 bits per heavy atom. The van der Waals surface area contributed by atoms with E-state index in [1.165, 1.54) is 0 Å². The van der Waals surface area contributed by atoms with Crippen LogP contribution in [0, 0.1) is 17.2 Å². The number of hydrogen-bond donors (Lipinski definition) is 0. The average Bonchev–Trinajstić information content (AvgIpc) is 1.86. The van der Waals surface area contributed by atoms with E-state index >= 15 is 0 Å². The zero-order valence-electron chi connectivity index (χ0n) is 5.92. The van der Waals surface area contributed by atoms with Crippen molar-refractivity contribution in [3.05, 3.63) is 0 Å². The summed E-state index contributed by atoms with van der Waals surface area (Å²) in [7, 11) is 0. The van der Waals surface area contributed by atoms with Gasteiger partial charge >= 0.3 is 0 Å². The molecule has 1 aliphatic rings. The topological polar surface area (TPSA) is 46.9 Å². The zero-order valence-corrected chi connectivity index (χ0v) is 5.92. The Hall–Kier alpha value is -0.590. The van der Waals surface area contributed by atoms with Crippen molar-refractivity contribution in [3.8, 4) is 6.07 Å². The second-order valence-corrected chi connectivity index (χ2v) is 2.64. The zero-order chi connectivity index (χ0) is 7.40. The van der Waals surface area contributed by atoms with Gasteiger partial charge in [0.25, 0.3) is 0 Å². The first-order valence-corrected chi connectivity index (χ1v) is 3.57. The van der Waals surface area contributed by atoms with E-state index < -0.39 is 0 Å². The number of nitriles is 1. The maximum Gasteiger partial charge on any atom is 0.0834 e. The fourth-order valence-electron chi connectivity index (χ4n) is 1.12. The highest BCUT2D eigenvalue weighted by Crippen LogP contribution is 2.13. The van der Waals surface area contributed by atoms with Crippen molar-refractivity contribution < 1.29 is 5.11 Å². The first-order valence-electron chi connectivity index (χ1n) is 3.57. The van der Waals surface area contributed by atoms with Crippen LogP contribution in [-0.2, 0) is 5.11 Å². The predicted octanol–water partition coefficient (Wildman–Crippen LogP) is 0.262. The molecule has 1 aliphatic heterocycles. The highest BCUT2D eigenvalue weighted by atomic mass is 16.3. The Kier molecular flexibility index (Phi) is 2.67. The molecule has 0 saturated carbocycles. The lowest BCUT2D eigenvalue weighted by Gasteiger charge is -2.34. The molecule has 3 nitrogen and oxygen atoms in total. The van der Waals surface area contributed by atoms with Gasteiger partial charge in [-0.15, -0.1) is 0 Å². The second kappa shape index (κ2) is 3.55. The summed E-state index contributed by atoms with van der Waals surface area (Å²) in [6.45, 7) is 2.63. The maximum absolute atomic E-state index is 10.0. The summed E-state index contributed by atoms with van der Waals surface area (Å²) in [4.78, 5) is 2.14. The quantitative estimate of drug-likeness (QED) is 0.563. The van der Waals surface area contributed by atoms with E-state index in [4.69, 9.17) is 5.26 Å². The maximum atomic E-state index is 10.0. The van der Waals surface area contributed by atoms with Gasteiger partial charge in [0.15, 0.2) is 0 Å². The average molecular weight is 139 g/mol. The first-order chi connectivity index (χ1) is 4.86. The van der Waals surface area contributed by atoms with Crippen molar-refractivity contribution >= 4 is 0 Å². The highest BCUT2D eigenvalue weighted by Gasteiger charge is 2.24. The van der Waals surface area contributed by atoms with E-state index in [0.29, 0.717) is 0 Å². The minimum atomic E-state index is 0.00766. The van der Waals surface area contributed by atoms with Gasteiger partial charge in [0.2, 0.25) is 0 Å². The van der Waals surface area contributed by atoms with E-state index in [2.05, 4.69) is 11.0 Å². The van der Waals surface area contributed by atoms with Crippen LogP contribution in [0.25, 0.3) is 0 Å². The molecule has 0 aromatic carbocycles. The molecule has 10 heavy (non-hydrogen) atoms. The fraction of sp³-hybridized carbons (Fsp3) is 0.857. The van der Waals surface area contributed by atoms with Crippen LogP contribution in [0.1, 0.15) is 6.42 Å². The van der Waals surface area contributed by atoms with Crippen molar-refractivity contribution in [3.63, 3.8) is 0 Å². The molecule has 0 bridgehead atoms. The van der Waals surface area contributed by atoms with Crippen LogP contribution < -0.4 is 0 Å². The Labute approximate surface area is 60.9 Å². The van der Waals surface area contributed by atoms with E-state index in [0.717, 1.165) is 26.1 Å². The lowest BCUT2D eigenvalue weighted by molar-refractivity contribution is 0.109. The van der Waals surface area contributed by atoms with E-state index in [-0.39, 0.29) is 12.5 Å². The number of hydrogen-bond acceptors (Lipinski definition) is 2. The Balaban J connectivity index is 1.99. The van der Waals surface area contributed by atoms with Crippen molar-refractivity contribution in [1.82, 2.24) is 4.90 Å². The van der Waals surface area contributed by atoms with Crippen LogP contribution in [0.4, 0.5) is 0 Å². The number of likely N-dealkylation sites (tertiary alicyclic amines) is 1. The van der Waals surface area contributed by atoms with Gasteiger partial charge in [-0.1, -0.05) is 0 Å². The first kappa shape index (κ1) is 7.52. The minimum Gasteiger partial charge on any atom is -0.301 e. The Bertz CT molecular complexity index is 135. The monoisotopic (exact) mass is 139 g/mol.